The van der Waals surface area contributed by atoms with Gasteiger partial charge in [0.1, 0.15) is 5.82 Å². The van der Waals surface area contributed by atoms with E-state index in [1.54, 1.807) is 18.3 Å². The smallest absolute Gasteiger partial charge is 0.271 e. The number of anilines is 2. The summed E-state index contributed by atoms with van der Waals surface area (Å²) in [4.78, 5) is 15.2. The van der Waals surface area contributed by atoms with Gasteiger partial charge in [-0.2, -0.15) is 10.2 Å². The van der Waals surface area contributed by atoms with Gasteiger partial charge in [0.05, 0.1) is 11.8 Å². The lowest BCUT2D eigenvalue weighted by Gasteiger charge is -2.27. The summed E-state index contributed by atoms with van der Waals surface area (Å²) >= 11 is 5.91. The third-order valence-corrected chi connectivity index (χ3v) is 5.60. The number of H-pyrrole nitrogens is 1. The van der Waals surface area contributed by atoms with Crippen LogP contribution in [-0.4, -0.2) is 36.4 Å². The quantitative estimate of drug-likeness (QED) is 0.352. The van der Waals surface area contributed by atoms with Crippen LogP contribution in [0.4, 0.5) is 11.5 Å². The molecular weight excluding hydrogens is 426 g/mol. The summed E-state index contributed by atoms with van der Waals surface area (Å²) in [7, 11) is 3.96. The zero-order valence-corrected chi connectivity index (χ0v) is 18.7. The fraction of sp³-hybridized carbons (Fsp3) is 0.174. The number of halogens is 1. The lowest BCUT2D eigenvalue weighted by molar-refractivity contribution is -0.117. The number of hydrazone groups is 1. The number of amides is 1. The fourth-order valence-electron chi connectivity index (χ4n) is 3.71. The Hall–Kier alpha value is -3.78. The molecule has 4 rings (SSSR count). The number of hydrogen-bond donors (Lipinski definition) is 4. The monoisotopic (exact) mass is 449 g/mol. The molecule has 5 N–H and O–H groups in total. The van der Waals surface area contributed by atoms with Crippen molar-refractivity contribution in [3.63, 3.8) is 0 Å². The molecule has 0 saturated carbocycles. The Morgan fingerprint density at radius 1 is 1.19 bits per heavy atom. The maximum Gasteiger partial charge on any atom is 0.271 e. The van der Waals surface area contributed by atoms with Crippen LogP contribution in [0.1, 0.15) is 28.3 Å². The van der Waals surface area contributed by atoms with Crippen molar-refractivity contribution in [3.05, 3.63) is 87.3 Å². The number of aromatic nitrogens is 2. The Morgan fingerprint density at radius 3 is 2.53 bits per heavy atom. The third kappa shape index (κ3) is 4.17. The maximum absolute atomic E-state index is 13.2. The molecule has 1 unspecified atom stereocenters. The number of aryl methyl sites for hydroxylation is 1. The average molecular weight is 450 g/mol. The first-order valence-corrected chi connectivity index (χ1v) is 10.4. The average Bonchev–Trinajstić information content (AvgIpc) is 3.14. The van der Waals surface area contributed by atoms with Crippen molar-refractivity contribution in [2.75, 3.05) is 24.3 Å². The molecule has 0 radical (unpaired) electrons. The van der Waals surface area contributed by atoms with E-state index >= 15 is 0 Å². The van der Waals surface area contributed by atoms with Gasteiger partial charge in [-0.25, -0.2) is 5.43 Å². The van der Waals surface area contributed by atoms with Gasteiger partial charge >= 0.3 is 0 Å². The first kappa shape index (κ1) is 21.5. The number of carbonyl (C=O) groups is 1. The minimum atomic E-state index is -0.396. The molecule has 0 bridgehead atoms. The molecule has 0 spiro atoms. The van der Waals surface area contributed by atoms with E-state index in [4.69, 9.17) is 17.3 Å². The van der Waals surface area contributed by atoms with Crippen LogP contribution in [0.5, 0.6) is 0 Å². The van der Waals surface area contributed by atoms with Gasteiger partial charge in [-0.3, -0.25) is 9.89 Å². The van der Waals surface area contributed by atoms with E-state index in [9.17, 15) is 4.79 Å². The molecule has 1 aliphatic heterocycles. The number of nitrogens with one attached hydrogen (secondary N) is 3. The molecular formula is C23H24ClN7O. The first-order chi connectivity index (χ1) is 15.3. The highest BCUT2D eigenvalue weighted by Gasteiger charge is 2.35. The van der Waals surface area contributed by atoms with E-state index in [1.807, 2.05) is 62.3 Å². The van der Waals surface area contributed by atoms with Gasteiger partial charge in [-0.1, -0.05) is 35.9 Å². The van der Waals surface area contributed by atoms with Gasteiger partial charge in [0.2, 0.25) is 0 Å². The van der Waals surface area contributed by atoms with Crippen molar-refractivity contribution in [1.29, 1.82) is 0 Å². The van der Waals surface area contributed by atoms with Gasteiger partial charge in [-0.15, -0.1) is 0 Å². The summed E-state index contributed by atoms with van der Waals surface area (Å²) in [5.41, 5.74) is 13.8. The zero-order valence-electron chi connectivity index (χ0n) is 18.0. The van der Waals surface area contributed by atoms with Crippen LogP contribution in [0.3, 0.4) is 0 Å². The van der Waals surface area contributed by atoms with Gasteiger partial charge in [0, 0.05) is 42.0 Å². The highest BCUT2D eigenvalue weighted by Crippen LogP contribution is 2.41. The lowest BCUT2D eigenvalue weighted by atomic mass is 9.82. The summed E-state index contributed by atoms with van der Waals surface area (Å²) in [6, 6.07) is 15.2. The van der Waals surface area contributed by atoms with Gasteiger partial charge < -0.3 is 16.0 Å². The van der Waals surface area contributed by atoms with Crippen molar-refractivity contribution in [2.24, 2.45) is 10.8 Å². The van der Waals surface area contributed by atoms with Crippen molar-refractivity contribution in [3.8, 4) is 0 Å². The molecule has 1 aliphatic rings. The van der Waals surface area contributed by atoms with Crippen LogP contribution in [0.25, 0.3) is 0 Å². The third-order valence-electron chi connectivity index (χ3n) is 5.35. The number of benzene rings is 2. The molecule has 2 heterocycles. The summed E-state index contributed by atoms with van der Waals surface area (Å²) in [5, 5.41) is 15.0. The predicted molar refractivity (Wildman–Crippen MR) is 128 cm³/mol. The molecule has 0 fully saturated rings. The zero-order chi connectivity index (χ0) is 22.8. The number of nitrogens with two attached hydrogens (primary N) is 1. The van der Waals surface area contributed by atoms with E-state index in [1.165, 1.54) is 0 Å². The molecule has 0 saturated heterocycles. The number of rotatable bonds is 5. The van der Waals surface area contributed by atoms with Crippen molar-refractivity contribution >= 4 is 35.2 Å². The molecule has 1 atom stereocenters. The Morgan fingerprint density at radius 2 is 1.88 bits per heavy atom. The van der Waals surface area contributed by atoms with Gasteiger partial charge in [-0.05, 0) is 42.3 Å². The van der Waals surface area contributed by atoms with Crippen LogP contribution in [0.15, 0.2) is 65.0 Å². The largest absolute Gasteiger partial charge is 0.385 e. The molecule has 2 aromatic carbocycles. The Bertz CT molecular complexity index is 1190. The number of carbonyl (C=O) groups excluding carboxylic acids is 1. The van der Waals surface area contributed by atoms with Crippen LogP contribution >= 0.6 is 11.6 Å². The number of hydrogen-bond acceptors (Lipinski definition) is 6. The highest BCUT2D eigenvalue weighted by atomic mass is 35.5. The highest BCUT2D eigenvalue weighted by molar-refractivity contribution is 6.30. The molecule has 3 aromatic rings. The summed E-state index contributed by atoms with van der Waals surface area (Å²) < 4.78 is 0. The van der Waals surface area contributed by atoms with E-state index < -0.39 is 11.8 Å². The SMILES string of the molecule is Cc1[nH]nc2c1C(c1ccc(N(C)C)cc1)C(C(=O)N/N=C/c1ccc(Cl)cc1)=C(N)N2. The number of aromatic amines is 1. The number of fused-ring (bicyclic) bond motifs is 1. The second-order valence-electron chi connectivity index (χ2n) is 7.73. The van der Waals surface area contributed by atoms with Crippen LogP contribution in [0.2, 0.25) is 5.02 Å². The standard InChI is InChI=1S/C23H24ClN7O/c1-13-18-19(15-6-10-17(11-7-15)31(2)3)20(21(25)27-22(18)29-28-13)23(32)30-26-12-14-4-8-16(24)9-5-14/h4-12,19H,25H2,1-3H3,(H,30,32)(H2,27,28,29)/b26-12+. The predicted octanol–water partition coefficient (Wildman–Crippen LogP) is 3.32. The van der Waals surface area contributed by atoms with Crippen molar-refractivity contribution in [1.82, 2.24) is 15.6 Å². The maximum atomic E-state index is 13.2. The molecule has 8 nitrogen and oxygen atoms in total. The second-order valence-corrected chi connectivity index (χ2v) is 8.17. The van der Waals surface area contributed by atoms with Gasteiger partial charge in [0.15, 0.2) is 5.82 Å². The molecule has 9 heteroatoms. The van der Waals surface area contributed by atoms with Crippen LogP contribution in [-0.2, 0) is 4.79 Å². The van der Waals surface area contributed by atoms with Crippen LogP contribution in [0, 0.1) is 6.92 Å². The van der Waals surface area contributed by atoms with E-state index in [0.717, 1.165) is 28.1 Å². The van der Waals surface area contributed by atoms with Crippen LogP contribution < -0.4 is 21.4 Å². The van der Waals surface area contributed by atoms with Crippen molar-refractivity contribution in [2.45, 2.75) is 12.8 Å². The lowest BCUT2D eigenvalue weighted by Crippen LogP contribution is -2.32. The van der Waals surface area contributed by atoms with E-state index in [0.29, 0.717) is 16.4 Å². The molecule has 1 amide bonds. The molecule has 32 heavy (non-hydrogen) atoms. The first-order valence-electron chi connectivity index (χ1n) is 10.0. The second kappa shape index (κ2) is 8.76. The normalized spacial score (nSPS) is 15.4. The van der Waals surface area contributed by atoms with Crippen molar-refractivity contribution < 1.29 is 4.79 Å². The Kier molecular flexibility index (Phi) is 5.87. The minimum absolute atomic E-state index is 0.241. The summed E-state index contributed by atoms with van der Waals surface area (Å²) in [5.74, 6) is 0.0628. The van der Waals surface area contributed by atoms with E-state index in [-0.39, 0.29) is 5.82 Å². The topological polar surface area (TPSA) is 111 Å². The summed E-state index contributed by atoms with van der Waals surface area (Å²) in [6.07, 6.45) is 1.55. The minimum Gasteiger partial charge on any atom is -0.385 e. The van der Waals surface area contributed by atoms with Gasteiger partial charge in [0.25, 0.3) is 5.91 Å². The Balaban J connectivity index is 1.67. The fourth-order valence-corrected chi connectivity index (χ4v) is 3.83. The summed E-state index contributed by atoms with van der Waals surface area (Å²) in [6.45, 7) is 1.92. The Labute approximate surface area is 191 Å². The molecule has 1 aromatic heterocycles. The number of nitrogens with zero attached hydrogens (tertiary/aromatic N) is 3. The molecule has 164 valence electrons. The molecule has 0 aliphatic carbocycles. The van der Waals surface area contributed by atoms with E-state index in [2.05, 4.69) is 26.0 Å².